The Morgan fingerprint density at radius 3 is 2.81 bits per heavy atom. The lowest BCUT2D eigenvalue weighted by molar-refractivity contribution is 0.318. The van der Waals surface area contributed by atoms with Gasteiger partial charge in [-0.3, -0.25) is 0 Å². The molecule has 0 saturated carbocycles. The van der Waals surface area contributed by atoms with Crippen LogP contribution >= 0.6 is 11.6 Å². The number of para-hydroxylation sites is 1. The molecule has 1 N–H and O–H groups in total. The van der Waals surface area contributed by atoms with Crippen LogP contribution in [0.2, 0.25) is 0 Å². The van der Waals surface area contributed by atoms with Gasteiger partial charge in [-0.15, -0.1) is 0 Å². The van der Waals surface area contributed by atoms with Gasteiger partial charge in [-0.25, -0.2) is 0 Å². The van der Waals surface area contributed by atoms with E-state index < -0.39 is 0 Å². The number of benzene rings is 2. The van der Waals surface area contributed by atoms with Gasteiger partial charge in [0.15, 0.2) is 11.5 Å². The quantitative estimate of drug-likeness (QED) is 0.682. The zero-order valence-corrected chi connectivity index (χ0v) is 15.0. The number of aromatic hydroxyl groups is 1. The van der Waals surface area contributed by atoms with Crippen LogP contribution in [0.15, 0.2) is 47.0 Å². The van der Waals surface area contributed by atoms with Gasteiger partial charge in [0.2, 0.25) is 5.82 Å². The minimum atomic E-state index is 0.0661. The number of ether oxygens (including phenoxy) is 2. The lowest BCUT2D eigenvalue weighted by Gasteiger charge is -2.06. The second kappa shape index (κ2) is 7.93. The van der Waals surface area contributed by atoms with Crippen molar-refractivity contribution in [3.8, 4) is 28.6 Å². The van der Waals surface area contributed by atoms with E-state index in [1.54, 1.807) is 25.3 Å². The van der Waals surface area contributed by atoms with Gasteiger partial charge >= 0.3 is 0 Å². The van der Waals surface area contributed by atoms with E-state index in [-0.39, 0.29) is 16.7 Å². The van der Waals surface area contributed by atoms with Gasteiger partial charge in [0, 0.05) is 0 Å². The molecule has 7 heteroatoms. The van der Waals surface area contributed by atoms with Gasteiger partial charge < -0.3 is 19.1 Å². The highest BCUT2D eigenvalue weighted by molar-refractivity contribution is 6.50. The molecular formula is C19H17ClN2O4. The Bertz CT molecular complexity index is 937. The van der Waals surface area contributed by atoms with Gasteiger partial charge in [0.05, 0.1) is 19.3 Å². The molecule has 134 valence electrons. The number of rotatable bonds is 6. The maximum absolute atomic E-state index is 9.76. The van der Waals surface area contributed by atoms with Crippen molar-refractivity contribution in [3.63, 3.8) is 0 Å². The topological polar surface area (TPSA) is 77.6 Å². The van der Waals surface area contributed by atoms with Crippen LogP contribution in [0.3, 0.4) is 0 Å². The normalized spacial score (nSPS) is 11.4. The molecule has 0 radical (unpaired) electrons. The van der Waals surface area contributed by atoms with E-state index in [2.05, 4.69) is 10.1 Å². The summed E-state index contributed by atoms with van der Waals surface area (Å²) in [6, 6.07) is 12.3. The van der Waals surface area contributed by atoms with Crippen LogP contribution < -0.4 is 9.47 Å². The Balaban J connectivity index is 1.89. The Labute approximate surface area is 155 Å². The second-order valence-electron chi connectivity index (χ2n) is 5.28. The van der Waals surface area contributed by atoms with Gasteiger partial charge in [-0.1, -0.05) is 35.0 Å². The molecule has 0 saturated heterocycles. The van der Waals surface area contributed by atoms with Gasteiger partial charge in [0.25, 0.3) is 5.89 Å². The van der Waals surface area contributed by atoms with Crippen molar-refractivity contribution in [2.24, 2.45) is 0 Å². The summed E-state index contributed by atoms with van der Waals surface area (Å²) in [5.74, 6) is 1.64. The fourth-order valence-electron chi connectivity index (χ4n) is 2.36. The fraction of sp³-hybridized carbons (Fsp3) is 0.158. The van der Waals surface area contributed by atoms with E-state index in [1.165, 1.54) is 6.07 Å². The van der Waals surface area contributed by atoms with Crippen molar-refractivity contribution in [1.82, 2.24) is 10.1 Å². The maximum Gasteiger partial charge on any atom is 0.269 e. The predicted octanol–water partition coefficient (Wildman–Crippen LogP) is 4.59. The molecule has 3 rings (SSSR count). The van der Waals surface area contributed by atoms with Crippen molar-refractivity contribution in [2.45, 2.75) is 6.92 Å². The highest BCUT2D eigenvalue weighted by atomic mass is 35.5. The summed E-state index contributed by atoms with van der Waals surface area (Å²) in [4.78, 5) is 4.32. The SMILES string of the molecule is CCOc1cc(/C=C(\Cl)c2nc(-c3ccccc3OC)no2)ccc1O. The molecule has 0 unspecified atom stereocenters. The summed E-state index contributed by atoms with van der Waals surface area (Å²) in [7, 11) is 1.58. The van der Waals surface area contributed by atoms with Crippen molar-refractivity contribution in [2.75, 3.05) is 13.7 Å². The maximum atomic E-state index is 9.76. The molecule has 1 aromatic heterocycles. The van der Waals surface area contributed by atoms with E-state index in [9.17, 15) is 5.11 Å². The standard InChI is InChI=1S/C19H17ClN2O4/c1-3-25-17-11-12(8-9-15(17)23)10-14(20)19-21-18(22-26-19)13-6-4-5-7-16(13)24-2/h4-11,23H,3H2,1-2H3/b14-10-. The number of hydrogen-bond acceptors (Lipinski definition) is 6. The van der Waals surface area contributed by atoms with Crippen LogP contribution in [0.1, 0.15) is 18.4 Å². The molecule has 0 atom stereocenters. The molecule has 0 fully saturated rings. The second-order valence-corrected chi connectivity index (χ2v) is 5.68. The van der Waals surface area contributed by atoms with E-state index in [0.717, 1.165) is 5.56 Å². The number of hydrogen-bond donors (Lipinski definition) is 1. The van der Waals surface area contributed by atoms with Crippen LogP contribution in [0.25, 0.3) is 22.5 Å². The third kappa shape index (κ3) is 3.81. The molecule has 0 amide bonds. The lowest BCUT2D eigenvalue weighted by Crippen LogP contribution is -1.92. The van der Waals surface area contributed by atoms with Crippen LogP contribution in [0, 0.1) is 0 Å². The Hall–Kier alpha value is -2.99. The van der Waals surface area contributed by atoms with Crippen molar-refractivity contribution < 1.29 is 19.1 Å². The summed E-state index contributed by atoms with van der Waals surface area (Å²) in [5.41, 5.74) is 1.44. The molecule has 2 aromatic carbocycles. The smallest absolute Gasteiger partial charge is 0.269 e. The number of nitrogens with zero attached hydrogens (tertiary/aromatic N) is 2. The number of halogens is 1. The van der Waals surface area contributed by atoms with Crippen LogP contribution in [0.5, 0.6) is 17.2 Å². The summed E-state index contributed by atoms with van der Waals surface area (Å²) in [6.07, 6.45) is 1.66. The summed E-state index contributed by atoms with van der Waals surface area (Å²) < 4.78 is 15.9. The zero-order chi connectivity index (χ0) is 18.5. The van der Waals surface area contributed by atoms with Crippen molar-refractivity contribution >= 4 is 22.7 Å². The first kappa shape index (κ1) is 17.8. The fourth-order valence-corrected chi connectivity index (χ4v) is 2.56. The number of aromatic nitrogens is 2. The first-order valence-electron chi connectivity index (χ1n) is 7.93. The van der Waals surface area contributed by atoms with E-state index in [0.29, 0.717) is 29.5 Å². The molecule has 1 heterocycles. The number of methoxy groups -OCH3 is 1. The van der Waals surface area contributed by atoms with Crippen LogP contribution in [0.4, 0.5) is 0 Å². The Morgan fingerprint density at radius 1 is 1.23 bits per heavy atom. The molecule has 0 aliphatic carbocycles. The third-order valence-corrected chi connectivity index (χ3v) is 3.83. The highest BCUT2D eigenvalue weighted by Gasteiger charge is 2.15. The molecule has 0 aliphatic heterocycles. The van der Waals surface area contributed by atoms with Crippen LogP contribution in [-0.2, 0) is 0 Å². The van der Waals surface area contributed by atoms with Crippen LogP contribution in [-0.4, -0.2) is 29.0 Å². The van der Waals surface area contributed by atoms with Gasteiger partial charge in [-0.05, 0) is 42.8 Å². The van der Waals surface area contributed by atoms with Crippen molar-refractivity contribution in [1.29, 1.82) is 0 Å². The average Bonchev–Trinajstić information content (AvgIpc) is 3.15. The van der Waals surface area contributed by atoms with Gasteiger partial charge in [0.1, 0.15) is 10.8 Å². The molecular weight excluding hydrogens is 356 g/mol. The largest absolute Gasteiger partial charge is 0.504 e. The Kier molecular flexibility index (Phi) is 5.43. The minimum absolute atomic E-state index is 0.0661. The number of phenols is 1. The first-order chi connectivity index (χ1) is 12.6. The Morgan fingerprint density at radius 2 is 2.04 bits per heavy atom. The lowest BCUT2D eigenvalue weighted by atomic mass is 10.2. The molecule has 3 aromatic rings. The van der Waals surface area contributed by atoms with E-state index in [1.807, 2.05) is 31.2 Å². The average molecular weight is 373 g/mol. The monoisotopic (exact) mass is 372 g/mol. The minimum Gasteiger partial charge on any atom is -0.504 e. The summed E-state index contributed by atoms with van der Waals surface area (Å²) in [6.45, 7) is 2.28. The highest BCUT2D eigenvalue weighted by Crippen LogP contribution is 2.31. The number of phenolic OH excluding ortho intramolecular Hbond substituents is 1. The summed E-state index contributed by atoms with van der Waals surface area (Å²) >= 11 is 6.31. The zero-order valence-electron chi connectivity index (χ0n) is 14.3. The third-order valence-electron chi connectivity index (χ3n) is 3.56. The summed E-state index contributed by atoms with van der Waals surface area (Å²) in [5, 5.41) is 14.0. The molecule has 6 nitrogen and oxygen atoms in total. The van der Waals surface area contributed by atoms with Gasteiger partial charge in [-0.2, -0.15) is 4.98 Å². The van der Waals surface area contributed by atoms with E-state index in [4.69, 9.17) is 25.6 Å². The molecule has 0 aliphatic rings. The molecule has 0 bridgehead atoms. The predicted molar refractivity (Wildman–Crippen MR) is 99.3 cm³/mol. The van der Waals surface area contributed by atoms with E-state index >= 15 is 0 Å². The first-order valence-corrected chi connectivity index (χ1v) is 8.30. The van der Waals surface area contributed by atoms with Crippen molar-refractivity contribution in [3.05, 3.63) is 53.9 Å². The molecule has 26 heavy (non-hydrogen) atoms. The molecule has 0 spiro atoms.